The second-order valence-electron chi connectivity index (χ2n) is 4.93. The van der Waals surface area contributed by atoms with Crippen LogP contribution in [0.3, 0.4) is 0 Å². The van der Waals surface area contributed by atoms with E-state index in [0.29, 0.717) is 0 Å². The average Bonchev–Trinajstić information content (AvgIpc) is 2.45. The molecule has 0 N–H and O–H groups in total. The highest BCUT2D eigenvalue weighted by Crippen LogP contribution is 2.29. The van der Waals surface area contributed by atoms with Crippen molar-refractivity contribution in [3.63, 3.8) is 0 Å². The molecule has 0 radical (unpaired) electrons. The number of rotatable bonds is 2. The van der Waals surface area contributed by atoms with Crippen LogP contribution in [0.5, 0.6) is 0 Å². The summed E-state index contributed by atoms with van der Waals surface area (Å²) in [6, 6.07) is 4.17. The van der Waals surface area contributed by atoms with Crippen molar-refractivity contribution in [3.8, 4) is 0 Å². The van der Waals surface area contributed by atoms with Gasteiger partial charge in [0.25, 0.3) is 0 Å². The Morgan fingerprint density at radius 2 is 2.00 bits per heavy atom. The monoisotopic (exact) mass is 219 g/mol. The fourth-order valence-corrected chi connectivity index (χ4v) is 2.57. The Balaban J connectivity index is 2.28. The molecule has 2 rings (SSSR count). The lowest BCUT2D eigenvalue weighted by atomic mass is 10.2. The molecular formula is C12H17NOSi. The van der Waals surface area contributed by atoms with Crippen LogP contribution >= 0.6 is 0 Å². The van der Waals surface area contributed by atoms with Gasteiger partial charge < -0.3 is 4.43 Å². The number of nitrogens with zero attached hydrogens (tertiary/aromatic N) is 1. The molecule has 1 heterocycles. The van der Waals surface area contributed by atoms with Crippen LogP contribution < -0.4 is 0 Å². The zero-order valence-corrected chi connectivity index (χ0v) is 10.8. The molecule has 0 aromatic carbocycles. The maximum absolute atomic E-state index is 6.02. The van der Waals surface area contributed by atoms with Crippen LogP contribution in [0.4, 0.5) is 0 Å². The summed E-state index contributed by atoms with van der Waals surface area (Å²) in [5.74, 6) is 1.04. The van der Waals surface area contributed by atoms with Crippen molar-refractivity contribution in [1.82, 2.24) is 4.98 Å². The molecule has 1 aliphatic carbocycles. The van der Waals surface area contributed by atoms with Gasteiger partial charge in [-0.15, -0.1) is 0 Å². The van der Waals surface area contributed by atoms with E-state index in [0.717, 1.165) is 23.6 Å². The molecule has 0 fully saturated rings. The first-order chi connectivity index (χ1) is 6.96. The van der Waals surface area contributed by atoms with Crippen molar-refractivity contribution in [3.05, 3.63) is 35.2 Å². The minimum absolute atomic E-state index is 0.914. The van der Waals surface area contributed by atoms with E-state index in [2.05, 4.69) is 36.8 Å². The maximum Gasteiger partial charge on any atom is 0.242 e. The van der Waals surface area contributed by atoms with E-state index in [-0.39, 0.29) is 0 Å². The molecule has 1 aromatic rings. The van der Waals surface area contributed by atoms with Crippen molar-refractivity contribution in [1.29, 1.82) is 0 Å². The second-order valence-corrected chi connectivity index (χ2v) is 9.36. The molecule has 1 aliphatic rings. The van der Waals surface area contributed by atoms with Crippen LogP contribution in [-0.2, 0) is 10.8 Å². The van der Waals surface area contributed by atoms with Gasteiger partial charge >= 0.3 is 0 Å². The number of fused-ring (bicyclic) bond motifs is 1. The van der Waals surface area contributed by atoms with E-state index in [1.165, 1.54) is 5.56 Å². The third kappa shape index (κ3) is 2.29. The second kappa shape index (κ2) is 3.49. The Hall–Kier alpha value is -1.09. The number of hydrogen-bond acceptors (Lipinski definition) is 2. The van der Waals surface area contributed by atoms with E-state index in [1.54, 1.807) is 0 Å². The Labute approximate surface area is 92.1 Å². The molecule has 2 nitrogen and oxygen atoms in total. The summed E-state index contributed by atoms with van der Waals surface area (Å²) < 4.78 is 6.02. The SMILES string of the molecule is Cc1ccc2c(n1)CC=C2O[Si](C)(C)C. The highest BCUT2D eigenvalue weighted by atomic mass is 28.4. The van der Waals surface area contributed by atoms with Gasteiger partial charge in [0.05, 0.1) is 5.69 Å². The lowest BCUT2D eigenvalue weighted by Crippen LogP contribution is -2.24. The maximum atomic E-state index is 6.02. The molecule has 0 spiro atoms. The molecule has 0 unspecified atom stereocenters. The van der Waals surface area contributed by atoms with Gasteiger partial charge in [0.1, 0.15) is 5.76 Å². The van der Waals surface area contributed by atoms with E-state index in [1.807, 2.05) is 13.0 Å². The normalized spacial score (nSPS) is 14.8. The van der Waals surface area contributed by atoms with Gasteiger partial charge in [-0.2, -0.15) is 0 Å². The molecular weight excluding hydrogens is 202 g/mol. The van der Waals surface area contributed by atoms with Gasteiger partial charge in [0.2, 0.25) is 8.32 Å². The zero-order valence-electron chi connectivity index (χ0n) is 9.79. The van der Waals surface area contributed by atoms with Gasteiger partial charge in [-0.25, -0.2) is 0 Å². The zero-order chi connectivity index (χ0) is 11.1. The summed E-state index contributed by atoms with van der Waals surface area (Å²) in [5, 5.41) is 0. The summed E-state index contributed by atoms with van der Waals surface area (Å²) >= 11 is 0. The minimum Gasteiger partial charge on any atom is -0.544 e. The van der Waals surface area contributed by atoms with Gasteiger partial charge in [-0.1, -0.05) is 0 Å². The van der Waals surface area contributed by atoms with Crippen LogP contribution in [-0.4, -0.2) is 13.3 Å². The van der Waals surface area contributed by atoms with E-state index >= 15 is 0 Å². The highest BCUT2D eigenvalue weighted by Gasteiger charge is 2.23. The minimum atomic E-state index is -1.50. The van der Waals surface area contributed by atoms with Crippen molar-refractivity contribution in [2.45, 2.75) is 33.0 Å². The van der Waals surface area contributed by atoms with Crippen molar-refractivity contribution in [2.75, 3.05) is 0 Å². The van der Waals surface area contributed by atoms with E-state index < -0.39 is 8.32 Å². The topological polar surface area (TPSA) is 22.1 Å². The molecule has 0 atom stereocenters. The smallest absolute Gasteiger partial charge is 0.242 e. The van der Waals surface area contributed by atoms with Crippen molar-refractivity contribution in [2.24, 2.45) is 0 Å². The molecule has 15 heavy (non-hydrogen) atoms. The fraction of sp³-hybridized carbons (Fsp3) is 0.417. The predicted molar refractivity (Wildman–Crippen MR) is 65.1 cm³/mol. The first kappa shape index (κ1) is 10.4. The standard InChI is InChI=1S/C12H17NOSi/c1-9-5-6-10-11(13-9)7-8-12(10)14-15(2,3)4/h5-6,8H,7H2,1-4H3. The summed E-state index contributed by atoms with van der Waals surface area (Å²) in [7, 11) is -1.50. The van der Waals surface area contributed by atoms with Crippen molar-refractivity contribution >= 4 is 14.1 Å². The molecule has 1 aromatic heterocycles. The molecule has 3 heteroatoms. The third-order valence-electron chi connectivity index (χ3n) is 2.28. The Bertz CT molecular complexity index is 418. The first-order valence-electron chi connectivity index (χ1n) is 5.32. The van der Waals surface area contributed by atoms with E-state index in [4.69, 9.17) is 4.43 Å². The number of hydrogen-bond donors (Lipinski definition) is 0. The Morgan fingerprint density at radius 3 is 2.67 bits per heavy atom. The molecule has 0 amide bonds. The van der Waals surface area contributed by atoms with E-state index in [9.17, 15) is 0 Å². The van der Waals surface area contributed by atoms with Crippen LogP contribution in [0, 0.1) is 6.92 Å². The molecule has 0 saturated heterocycles. The quantitative estimate of drug-likeness (QED) is 0.713. The van der Waals surface area contributed by atoms with Crippen LogP contribution in [0.2, 0.25) is 19.6 Å². The van der Waals surface area contributed by atoms with Crippen LogP contribution in [0.15, 0.2) is 18.2 Å². The van der Waals surface area contributed by atoms with Gasteiger partial charge in [0, 0.05) is 17.7 Å². The number of aryl methyl sites for hydroxylation is 1. The summed E-state index contributed by atoms with van der Waals surface area (Å²) in [6.45, 7) is 8.63. The summed E-state index contributed by atoms with van der Waals surface area (Å²) in [5.41, 5.74) is 3.42. The molecule has 80 valence electrons. The Kier molecular flexibility index (Phi) is 2.42. The lowest BCUT2D eigenvalue weighted by molar-refractivity contribution is 0.515. The predicted octanol–water partition coefficient (Wildman–Crippen LogP) is 3.14. The molecule has 0 saturated carbocycles. The summed E-state index contributed by atoms with van der Waals surface area (Å²) in [4.78, 5) is 4.52. The number of aromatic nitrogens is 1. The first-order valence-corrected chi connectivity index (χ1v) is 8.72. The lowest BCUT2D eigenvalue weighted by Gasteiger charge is -2.20. The number of pyridine rings is 1. The third-order valence-corrected chi connectivity index (χ3v) is 3.11. The van der Waals surface area contributed by atoms with Crippen molar-refractivity contribution < 1.29 is 4.43 Å². The van der Waals surface area contributed by atoms with Gasteiger partial charge in [-0.3, -0.25) is 4.98 Å². The average molecular weight is 219 g/mol. The van der Waals surface area contributed by atoms with Gasteiger partial charge in [-0.05, 0) is 44.8 Å². The fourth-order valence-electron chi connectivity index (χ4n) is 1.72. The largest absolute Gasteiger partial charge is 0.544 e. The van der Waals surface area contributed by atoms with Gasteiger partial charge in [0.15, 0.2) is 0 Å². The molecule has 0 bridgehead atoms. The van der Waals surface area contributed by atoms with Crippen LogP contribution in [0.1, 0.15) is 17.0 Å². The van der Waals surface area contributed by atoms with Crippen LogP contribution in [0.25, 0.3) is 5.76 Å². The summed E-state index contributed by atoms with van der Waals surface area (Å²) in [6.07, 6.45) is 3.06. The number of allylic oxidation sites excluding steroid dienone is 1. The highest BCUT2D eigenvalue weighted by molar-refractivity contribution is 6.70. The molecule has 0 aliphatic heterocycles. The Morgan fingerprint density at radius 1 is 1.27 bits per heavy atom.